The maximum atomic E-state index is 5.51. The Hall–Kier alpha value is -1.49. The van der Waals surface area contributed by atoms with Crippen molar-refractivity contribution < 1.29 is 4.74 Å². The zero-order chi connectivity index (χ0) is 11.5. The first-order chi connectivity index (χ1) is 6.95. The third kappa shape index (κ3) is 2.99. The van der Waals surface area contributed by atoms with E-state index in [4.69, 9.17) is 11.2 Å². The highest BCUT2D eigenvalue weighted by atomic mass is 16.5. The fraction of sp³-hybridized carbons (Fsp3) is 0.462. The molecule has 0 N–H and O–H groups in total. The summed E-state index contributed by atoms with van der Waals surface area (Å²) in [6.45, 7) is 7.88. The topological polar surface area (TPSA) is 22.1 Å². The van der Waals surface area contributed by atoms with E-state index < -0.39 is 0 Å². The third-order valence-corrected chi connectivity index (χ3v) is 2.08. The Morgan fingerprint density at radius 2 is 2.07 bits per heavy atom. The number of hydrogen-bond donors (Lipinski definition) is 0. The van der Waals surface area contributed by atoms with Crippen LogP contribution in [0.15, 0.2) is 18.2 Å². The Bertz CT molecular complexity index is 374. The predicted octanol–water partition coefficient (Wildman–Crippen LogP) is 2.78. The molecular weight excluding hydrogens is 186 g/mol. The van der Waals surface area contributed by atoms with Crippen LogP contribution in [-0.4, -0.2) is 11.1 Å². The number of hydrogen-bond acceptors (Lipinski definition) is 2. The van der Waals surface area contributed by atoms with E-state index in [2.05, 4.69) is 10.9 Å². The molecule has 0 bridgehead atoms. The van der Waals surface area contributed by atoms with Gasteiger partial charge in [0.15, 0.2) is 0 Å². The van der Waals surface area contributed by atoms with Gasteiger partial charge in [0.05, 0.1) is 17.2 Å². The van der Waals surface area contributed by atoms with E-state index in [1.165, 1.54) is 0 Å². The SMILES string of the molecule is C#CC(C)(C)c1cccc(OC(C)C)n1. The highest BCUT2D eigenvalue weighted by molar-refractivity contribution is 5.28. The molecule has 1 aromatic rings. The van der Waals surface area contributed by atoms with Gasteiger partial charge in [-0.3, -0.25) is 0 Å². The zero-order valence-electron chi connectivity index (χ0n) is 9.74. The number of terminal acetylenes is 1. The normalized spacial score (nSPS) is 11.2. The average Bonchev–Trinajstić information content (AvgIpc) is 2.17. The van der Waals surface area contributed by atoms with E-state index in [1.54, 1.807) is 0 Å². The zero-order valence-corrected chi connectivity index (χ0v) is 9.74. The van der Waals surface area contributed by atoms with Gasteiger partial charge in [0.25, 0.3) is 0 Å². The van der Waals surface area contributed by atoms with Crippen molar-refractivity contribution in [2.24, 2.45) is 0 Å². The Balaban J connectivity index is 2.99. The Morgan fingerprint density at radius 3 is 2.60 bits per heavy atom. The van der Waals surface area contributed by atoms with Crippen molar-refractivity contribution in [1.29, 1.82) is 0 Å². The second kappa shape index (κ2) is 4.35. The van der Waals surface area contributed by atoms with Gasteiger partial charge in [-0.05, 0) is 33.8 Å². The van der Waals surface area contributed by atoms with Crippen LogP contribution in [0.2, 0.25) is 0 Å². The van der Waals surface area contributed by atoms with Crippen molar-refractivity contribution in [3.63, 3.8) is 0 Å². The largest absolute Gasteiger partial charge is 0.475 e. The summed E-state index contributed by atoms with van der Waals surface area (Å²) in [6, 6.07) is 5.68. The lowest BCUT2D eigenvalue weighted by Crippen LogP contribution is -2.17. The molecule has 0 saturated heterocycles. The van der Waals surface area contributed by atoms with Crippen molar-refractivity contribution in [3.05, 3.63) is 23.9 Å². The summed E-state index contributed by atoms with van der Waals surface area (Å²) in [6.07, 6.45) is 5.59. The average molecular weight is 203 g/mol. The summed E-state index contributed by atoms with van der Waals surface area (Å²) >= 11 is 0. The van der Waals surface area contributed by atoms with Crippen LogP contribution in [0.5, 0.6) is 5.88 Å². The second-order valence-corrected chi connectivity index (χ2v) is 4.30. The molecule has 0 aliphatic carbocycles. The molecule has 1 heterocycles. The van der Waals surface area contributed by atoms with Crippen LogP contribution >= 0.6 is 0 Å². The van der Waals surface area contributed by atoms with E-state index in [9.17, 15) is 0 Å². The predicted molar refractivity (Wildman–Crippen MR) is 61.9 cm³/mol. The van der Waals surface area contributed by atoms with Crippen molar-refractivity contribution in [2.45, 2.75) is 39.2 Å². The summed E-state index contributed by atoms with van der Waals surface area (Å²) in [5.41, 5.74) is 0.513. The van der Waals surface area contributed by atoms with Crippen LogP contribution in [0, 0.1) is 12.3 Å². The first-order valence-corrected chi connectivity index (χ1v) is 5.07. The molecule has 0 unspecified atom stereocenters. The number of aromatic nitrogens is 1. The highest BCUT2D eigenvalue weighted by Crippen LogP contribution is 2.22. The van der Waals surface area contributed by atoms with Gasteiger partial charge in [0.2, 0.25) is 5.88 Å². The van der Waals surface area contributed by atoms with Crippen molar-refractivity contribution in [1.82, 2.24) is 4.98 Å². The number of pyridine rings is 1. The maximum absolute atomic E-state index is 5.51. The van der Waals surface area contributed by atoms with E-state index in [0.717, 1.165) is 5.69 Å². The molecule has 0 saturated carbocycles. The first kappa shape index (κ1) is 11.6. The molecule has 80 valence electrons. The molecule has 0 amide bonds. The summed E-state index contributed by atoms with van der Waals surface area (Å²) in [4.78, 5) is 4.39. The summed E-state index contributed by atoms with van der Waals surface area (Å²) < 4.78 is 5.51. The summed E-state index contributed by atoms with van der Waals surface area (Å²) in [7, 11) is 0. The molecule has 0 fully saturated rings. The lowest BCUT2D eigenvalue weighted by molar-refractivity contribution is 0.231. The van der Waals surface area contributed by atoms with Crippen molar-refractivity contribution in [2.75, 3.05) is 0 Å². The Kier molecular flexibility index (Phi) is 3.36. The number of ether oxygens (including phenoxy) is 1. The van der Waals surface area contributed by atoms with Gasteiger partial charge >= 0.3 is 0 Å². The smallest absolute Gasteiger partial charge is 0.213 e. The van der Waals surface area contributed by atoms with Crippen LogP contribution in [0.1, 0.15) is 33.4 Å². The van der Waals surface area contributed by atoms with Gasteiger partial charge in [-0.15, -0.1) is 6.42 Å². The molecule has 1 rings (SSSR count). The molecule has 15 heavy (non-hydrogen) atoms. The minimum Gasteiger partial charge on any atom is -0.475 e. The second-order valence-electron chi connectivity index (χ2n) is 4.30. The molecule has 1 aromatic heterocycles. The molecule has 0 radical (unpaired) electrons. The fourth-order valence-corrected chi connectivity index (χ4v) is 1.14. The standard InChI is InChI=1S/C13H17NO/c1-6-13(4,5)11-8-7-9-12(14-11)15-10(2)3/h1,7-10H,2-5H3. The van der Waals surface area contributed by atoms with Crippen LogP contribution < -0.4 is 4.74 Å². The quantitative estimate of drug-likeness (QED) is 0.705. The monoisotopic (exact) mass is 203 g/mol. The highest BCUT2D eigenvalue weighted by Gasteiger charge is 2.19. The first-order valence-electron chi connectivity index (χ1n) is 5.07. The number of rotatable bonds is 3. The lowest BCUT2D eigenvalue weighted by atomic mass is 9.90. The third-order valence-electron chi connectivity index (χ3n) is 2.08. The van der Waals surface area contributed by atoms with E-state index in [-0.39, 0.29) is 11.5 Å². The maximum Gasteiger partial charge on any atom is 0.213 e. The fourth-order valence-electron chi connectivity index (χ4n) is 1.14. The molecule has 0 atom stereocenters. The van der Waals surface area contributed by atoms with Gasteiger partial charge in [-0.2, -0.15) is 0 Å². The number of nitrogens with zero attached hydrogens (tertiary/aromatic N) is 1. The molecule has 0 aliphatic heterocycles. The van der Waals surface area contributed by atoms with Crippen molar-refractivity contribution in [3.8, 4) is 18.2 Å². The summed E-state index contributed by atoms with van der Waals surface area (Å²) in [5, 5.41) is 0. The van der Waals surface area contributed by atoms with Gasteiger partial charge < -0.3 is 4.74 Å². The van der Waals surface area contributed by atoms with E-state index >= 15 is 0 Å². The van der Waals surface area contributed by atoms with Crippen LogP contribution in [-0.2, 0) is 5.41 Å². The molecule has 2 nitrogen and oxygen atoms in total. The molecule has 2 heteroatoms. The molecule has 0 aromatic carbocycles. The van der Waals surface area contributed by atoms with Gasteiger partial charge in [0, 0.05) is 6.07 Å². The van der Waals surface area contributed by atoms with Gasteiger partial charge in [0.1, 0.15) is 0 Å². The van der Waals surface area contributed by atoms with Gasteiger partial charge in [-0.25, -0.2) is 4.98 Å². The molecule has 0 spiro atoms. The van der Waals surface area contributed by atoms with Crippen LogP contribution in [0.3, 0.4) is 0 Å². The molecular formula is C13H17NO. The minimum absolute atomic E-state index is 0.127. The summed E-state index contributed by atoms with van der Waals surface area (Å²) in [5.74, 6) is 3.35. The van der Waals surface area contributed by atoms with E-state index in [0.29, 0.717) is 5.88 Å². The molecule has 0 aliphatic rings. The Labute approximate surface area is 91.7 Å². The van der Waals surface area contributed by atoms with E-state index in [1.807, 2.05) is 45.9 Å². The Morgan fingerprint density at radius 1 is 1.40 bits per heavy atom. The van der Waals surface area contributed by atoms with Gasteiger partial charge in [-0.1, -0.05) is 12.0 Å². The lowest BCUT2D eigenvalue weighted by Gasteiger charge is -2.18. The minimum atomic E-state index is -0.351. The van der Waals surface area contributed by atoms with Crippen molar-refractivity contribution >= 4 is 0 Å². The van der Waals surface area contributed by atoms with Crippen LogP contribution in [0.4, 0.5) is 0 Å². The van der Waals surface area contributed by atoms with Crippen LogP contribution in [0.25, 0.3) is 0 Å².